The second-order valence-electron chi connectivity index (χ2n) is 5.38. The van der Waals surface area contributed by atoms with Gasteiger partial charge in [-0.15, -0.1) is 0 Å². The molecular formula is C15H18N5O4+. The fraction of sp³-hybridized carbons (Fsp3) is 0.400. The molecule has 1 aromatic heterocycles. The van der Waals surface area contributed by atoms with Crippen LogP contribution in [0, 0.1) is 16.5 Å². The van der Waals surface area contributed by atoms with Gasteiger partial charge >= 0.3 is 17.4 Å². The number of nitriles is 1. The van der Waals surface area contributed by atoms with Gasteiger partial charge in [-0.05, 0) is 30.2 Å². The third-order valence-electron chi connectivity index (χ3n) is 3.12. The van der Waals surface area contributed by atoms with Gasteiger partial charge in [0.05, 0.1) is 31.6 Å². The predicted octanol–water partition coefficient (Wildman–Crippen LogP) is 0.213. The summed E-state index contributed by atoms with van der Waals surface area (Å²) in [5.41, 5.74) is 1.01. The van der Waals surface area contributed by atoms with Crippen LogP contribution < -0.4 is 14.9 Å². The number of nitrogens with one attached hydrogen (secondary N) is 1. The van der Waals surface area contributed by atoms with E-state index in [9.17, 15) is 15.2 Å². The maximum absolute atomic E-state index is 12.0. The molecule has 0 spiro atoms. The molecule has 2 N–H and O–H groups in total. The minimum absolute atomic E-state index is 0.0673. The van der Waals surface area contributed by atoms with Gasteiger partial charge in [0.25, 0.3) is 0 Å². The van der Waals surface area contributed by atoms with Crippen molar-refractivity contribution in [3.8, 4) is 6.07 Å². The minimum Gasteiger partial charge on any atom is -0.582 e. The zero-order valence-electron chi connectivity index (χ0n) is 13.4. The molecule has 0 aliphatic carbocycles. The molecule has 0 bridgehead atoms. The van der Waals surface area contributed by atoms with Gasteiger partial charge in [-0.1, -0.05) is 6.07 Å². The first kappa shape index (κ1) is 17.2. The van der Waals surface area contributed by atoms with Crippen LogP contribution in [0.25, 0.3) is 11.0 Å². The number of aromatic nitrogens is 3. The molecule has 9 heteroatoms. The van der Waals surface area contributed by atoms with Crippen LogP contribution in [0.5, 0.6) is 0 Å². The Hall–Kier alpha value is -3.15. The van der Waals surface area contributed by atoms with Gasteiger partial charge in [-0.3, -0.25) is 10.1 Å². The normalized spacial score (nSPS) is 10.6. The van der Waals surface area contributed by atoms with Crippen LogP contribution in [0.2, 0.25) is 0 Å². The van der Waals surface area contributed by atoms with Crippen LogP contribution in [0.1, 0.15) is 25.8 Å². The molecule has 0 amide bonds. The molecule has 24 heavy (non-hydrogen) atoms. The maximum Gasteiger partial charge on any atom is 0.496 e. The van der Waals surface area contributed by atoms with E-state index in [-0.39, 0.29) is 48.4 Å². The molecule has 2 aromatic rings. The molecule has 126 valence electrons. The van der Waals surface area contributed by atoms with Crippen molar-refractivity contribution < 1.29 is 24.3 Å². The highest BCUT2D eigenvalue weighted by atomic mass is 16.5. The lowest BCUT2D eigenvalue weighted by molar-refractivity contribution is -0.883. The summed E-state index contributed by atoms with van der Waals surface area (Å²) in [4.78, 5) is 11.8. The van der Waals surface area contributed by atoms with Gasteiger partial charge in [0.2, 0.25) is 10.6 Å². The minimum atomic E-state index is -0.390. The number of rotatable bonds is 6. The summed E-state index contributed by atoms with van der Waals surface area (Å²) >= 11 is 0. The van der Waals surface area contributed by atoms with Gasteiger partial charge < -0.3 is 15.2 Å². The lowest BCUT2D eigenvalue weighted by Gasteiger charge is -2.07. The Kier molecular flexibility index (Phi) is 5.31. The molecule has 9 nitrogen and oxygen atoms in total. The first-order valence-corrected chi connectivity index (χ1v) is 7.40. The summed E-state index contributed by atoms with van der Waals surface area (Å²) in [6, 6.07) is 6.65. The number of hydrogen-bond acceptors (Lipinski definition) is 7. The average molecular weight is 332 g/mol. The Balaban J connectivity index is 2.17. The van der Waals surface area contributed by atoms with Crippen molar-refractivity contribution in [2.24, 2.45) is 0 Å². The highest BCUT2D eigenvalue weighted by Crippen LogP contribution is 2.10. The number of carbonyl (C=O) groups is 1. The number of nitrogens with zero attached hydrogens (tertiary/aromatic N) is 4. The predicted molar refractivity (Wildman–Crippen MR) is 81.7 cm³/mol. The highest BCUT2D eigenvalue weighted by molar-refractivity contribution is 5.70. The van der Waals surface area contributed by atoms with Crippen LogP contribution >= 0.6 is 0 Å². The summed E-state index contributed by atoms with van der Waals surface area (Å²) in [7, 11) is 0. The number of fused-ring (bicyclic) bond motifs is 1. The monoisotopic (exact) mass is 332 g/mol. The van der Waals surface area contributed by atoms with Gasteiger partial charge in [-0.2, -0.15) is 5.26 Å². The second kappa shape index (κ2) is 7.41. The van der Waals surface area contributed by atoms with Crippen LogP contribution in [0.4, 0.5) is 5.95 Å². The van der Waals surface area contributed by atoms with Crippen molar-refractivity contribution in [3.05, 3.63) is 29.0 Å². The third-order valence-corrected chi connectivity index (χ3v) is 3.12. The topological polar surface area (TPSA) is 126 Å². The molecule has 0 radical (unpaired) electrons. The van der Waals surface area contributed by atoms with E-state index >= 15 is 0 Å². The Morgan fingerprint density at radius 2 is 2.25 bits per heavy atom. The fourth-order valence-corrected chi connectivity index (χ4v) is 2.11. The fourth-order valence-electron chi connectivity index (χ4n) is 2.11. The van der Waals surface area contributed by atoms with E-state index < -0.39 is 0 Å². The van der Waals surface area contributed by atoms with Gasteiger partial charge in [0.1, 0.15) is 0 Å². The lowest BCUT2D eigenvalue weighted by Crippen LogP contribution is -2.46. The van der Waals surface area contributed by atoms with Crippen LogP contribution in [-0.4, -0.2) is 28.9 Å². The molecular weight excluding hydrogens is 314 g/mol. The van der Waals surface area contributed by atoms with Crippen molar-refractivity contribution in [3.63, 3.8) is 0 Å². The van der Waals surface area contributed by atoms with E-state index in [0.29, 0.717) is 10.4 Å². The Morgan fingerprint density at radius 3 is 2.92 bits per heavy atom. The number of benzene rings is 1. The van der Waals surface area contributed by atoms with E-state index in [0.717, 1.165) is 4.73 Å². The molecule has 0 saturated heterocycles. The molecule has 0 fully saturated rings. The van der Waals surface area contributed by atoms with Crippen LogP contribution in [-0.2, 0) is 16.0 Å². The maximum atomic E-state index is 12.0. The SMILES string of the molecule is CC(C)OC(=O)CCNc1n[n+]([O-])c2cc(CC#N)ccc2[n+]1O. The third kappa shape index (κ3) is 3.98. The van der Waals surface area contributed by atoms with Crippen molar-refractivity contribution in [1.29, 1.82) is 5.26 Å². The standard InChI is InChI=1S/C15H17N5O4/c1-10(2)24-14(21)6-8-17-15-18-20(23)13-9-11(5-7-16)3-4-12(13)19(15)22/h3-4,9-10,22H,5-6,8H2,1-2H3/p+1. The molecule has 2 rings (SSSR count). The van der Waals surface area contributed by atoms with Crippen molar-refractivity contribution in [1.82, 2.24) is 5.10 Å². The first-order chi connectivity index (χ1) is 11.4. The van der Waals surface area contributed by atoms with E-state index in [1.807, 2.05) is 6.07 Å². The number of esters is 1. The molecule has 0 aliphatic rings. The summed E-state index contributed by atoms with van der Waals surface area (Å²) in [5.74, 6) is -0.484. The quantitative estimate of drug-likeness (QED) is 0.335. The summed E-state index contributed by atoms with van der Waals surface area (Å²) in [5, 5.41) is 37.3. The zero-order chi connectivity index (χ0) is 17.7. The molecule has 0 unspecified atom stereocenters. The Morgan fingerprint density at radius 1 is 1.50 bits per heavy atom. The van der Waals surface area contributed by atoms with E-state index in [1.54, 1.807) is 19.9 Å². The average Bonchev–Trinajstić information content (AvgIpc) is 2.51. The molecule has 1 heterocycles. The second-order valence-corrected chi connectivity index (χ2v) is 5.38. The highest BCUT2D eigenvalue weighted by Gasteiger charge is 2.24. The van der Waals surface area contributed by atoms with Crippen LogP contribution in [0.3, 0.4) is 0 Å². The smallest absolute Gasteiger partial charge is 0.496 e. The van der Waals surface area contributed by atoms with Crippen molar-refractivity contribution in [2.75, 3.05) is 11.9 Å². The van der Waals surface area contributed by atoms with Crippen molar-refractivity contribution in [2.45, 2.75) is 32.8 Å². The van der Waals surface area contributed by atoms with E-state index in [4.69, 9.17) is 10.00 Å². The summed E-state index contributed by atoms with van der Waals surface area (Å²) in [6.45, 7) is 3.65. The molecule has 0 aliphatic heterocycles. The van der Waals surface area contributed by atoms with E-state index in [2.05, 4.69) is 10.4 Å². The van der Waals surface area contributed by atoms with Gasteiger partial charge in [0, 0.05) is 10.9 Å². The molecule has 0 saturated carbocycles. The van der Waals surface area contributed by atoms with Crippen LogP contribution in [0.15, 0.2) is 18.2 Å². The number of hydrogen-bond donors (Lipinski definition) is 2. The molecule has 0 atom stereocenters. The largest absolute Gasteiger partial charge is 0.582 e. The lowest BCUT2D eigenvalue weighted by atomic mass is 10.1. The summed E-state index contributed by atoms with van der Waals surface area (Å²) in [6.07, 6.45) is 0.0162. The number of anilines is 1. The number of carbonyl (C=O) groups excluding carboxylic acids is 1. The first-order valence-electron chi connectivity index (χ1n) is 7.40. The zero-order valence-corrected chi connectivity index (χ0v) is 13.4. The van der Waals surface area contributed by atoms with Gasteiger partial charge in [-0.25, -0.2) is 0 Å². The Bertz CT molecular complexity index is 801. The number of ether oxygens (including phenoxy) is 1. The van der Waals surface area contributed by atoms with Crippen molar-refractivity contribution >= 4 is 23.0 Å². The van der Waals surface area contributed by atoms with E-state index in [1.165, 1.54) is 12.1 Å². The Labute approximate surface area is 138 Å². The molecule has 1 aromatic carbocycles. The van der Waals surface area contributed by atoms with Gasteiger partial charge in [0.15, 0.2) is 0 Å². The summed E-state index contributed by atoms with van der Waals surface area (Å²) < 4.78 is 5.72.